The molecule has 0 spiro atoms. The molecule has 1 fully saturated rings. The highest BCUT2D eigenvalue weighted by Crippen LogP contribution is 2.42. The highest BCUT2D eigenvalue weighted by Gasteiger charge is 2.39. The number of ether oxygens (including phenoxy) is 1. The molecule has 224 valence electrons. The lowest BCUT2D eigenvalue weighted by Gasteiger charge is -2.39. The van der Waals surface area contributed by atoms with E-state index in [1.807, 2.05) is 24.3 Å². The molecule has 7 nitrogen and oxygen atoms in total. The highest BCUT2D eigenvalue weighted by molar-refractivity contribution is 6.06. The molecule has 5 N–H and O–H groups in total. The third-order valence-electron chi connectivity index (χ3n) is 8.17. The van der Waals surface area contributed by atoms with Crippen molar-refractivity contribution >= 4 is 17.3 Å². The van der Waals surface area contributed by atoms with Gasteiger partial charge in [0.05, 0.1) is 28.4 Å². The van der Waals surface area contributed by atoms with Gasteiger partial charge in [-0.05, 0) is 111 Å². The van der Waals surface area contributed by atoms with Crippen LogP contribution in [0.5, 0.6) is 0 Å². The van der Waals surface area contributed by atoms with Crippen molar-refractivity contribution in [2.75, 3.05) is 24.3 Å². The Morgan fingerprint density at radius 1 is 0.884 bits per heavy atom. The van der Waals surface area contributed by atoms with E-state index in [4.69, 9.17) is 15.5 Å². The van der Waals surface area contributed by atoms with Crippen molar-refractivity contribution in [1.82, 2.24) is 4.98 Å². The zero-order valence-electron chi connectivity index (χ0n) is 24.9. The maximum atomic E-state index is 13.4. The van der Waals surface area contributed by atoms with E-state index in [-0.39, 0.29) is 11.7 Å². The van der Waals surface area contributed by atoms with E-state index in [1.54, 1.807) is 70.2 Å². The Hall–Kier alpha value is -4.11. The van der Waals surface area contributed by atoms with Crippen LogP contribution in [0.25, 0.3) is 11.1 Å². The van der Waals surface area contributed by atoms with E-state index in [0.717, 1.165) is 22.4 Å². The molecular formula is C35H38FN3O4. The summed E-state index contributed by atoms with van der Waals surface area (Å²) in [4.78, 5) is 18.2. The van der Waals surface area contributed by atoms with Gasteiger partial charge in [-0.25, -0.2) is 4.39 Å². The van der Waals surface area contributed by atoms with Crippen molar-refractivity contribution in [1.29, 1.82) is 0 Å². The minimum absolute atomic E-state index is 0.318. The second kappa shape index (κ2) is 11.5. The molecule has 1 amide bonds. The van der Waals surface area contributed by atoms with E-state index >= 15 is 0 Å². The van der Waals surface area contributed by atoms with Gasteiger partial charge >= 0.3 is 0 Å². The minimum Gasteiger partial charge on any atom is -0.397 e. The molecule has 43 heavy (non-hydrogen) atoms. The van der Waals surface area contributed by atoms with Crippen molar-refractivity contribution in [3.8, 4) is 11.1 Å². The van der Waals surface area contributed by atoms with Gasteiger partial charge in [-0.15, -0.1) is 0 Å². The average Bonchev–Trinajstić information content (AvgIpc) is 2.98. The number of rotatable bonds is 7. The highest BCUT2D eigenvalue weighted by atomic mass is 19.1. The maximum absolute atomic E-state index is 13.4. The van der Waals surface area contributed by atoms with Crippen LogP contribution in [0.15, 0.2) is 78.9 Å². The molecule has 1 aliphatic rings. The Kier molecular flexibility index (Phi) is 8.13. The molecule has 0 bridgehead atoms. The zero-order chi connectivity index (χ0) is 31.0. The van der Waals surface area contributed by atoms with Gasteiger partial charge in [-0.3, -0.25) is 9.78 Å². The third kappa shape index (κ3) is 6.46. The molecule has 0 saturated carbocycles. The number of carbonyl (C=O) groups excluding carboxylic acids is 1. The Balaban J connectivity index is 1.47. The number of carbonyl (C=O) groups is 1. The van der Waals surface area contributed by atoms with E-state index in [9.17, 15) is 19.4 Å². The van der Waals surface area contributed by atoms with Crippen LogP contribution in [0.3, 0.4) is 0 Å². The fourth-order valence-electron chi connectivity index (χ4n) is 5.48. The first-order valence-electron chi connectivity index (χ1n) is 14.4. The van der Waals surface area contributed by atoms with Crippen molar-refractivity contribution in [2.45, 2.75) is 57.2 Å². The summed E-state index contributed by atoms with van der Waals surface area (Å²) < 4.78 is 19.1. The standard InChI is InChI=1S/C35H38FN3O4/c1-33(2,41)26-20-30(34(3,4)42)39-31(21-26)35(15-17-43-18-16-35)25-10-5-23(6-11-25)32(40)38-29-19-24(9-14-28(29)37)22-7-12-27(36)13-8-22/h5-14,19-21,41-42H,15-18,37H2,1-4H3,(H,38,40). The second-order valence-electron chi connectivity index (χ2n) is 12.3. The Morgan fingerprint density at radius 2 is 1.51 bits per heavy atom. The molecule has 0 radical (unpaired) electrons. The summed E-state index contributed by atoms with van der Waals surface area (Å²) in [5.41, 5.74) is 9.07. The number of aromatic nitrogens is 1. The molecular weight excluding hydrogens is 545 g/mol. The predicted molar refractivity (Wildman–Crippen MR) is 166 cm³/mol. The first-order chi connectivity index (χ1) is 20.3. The summed E-state index contributed by atoms with van der Waals surface area (Å²) in [6, 6.07) is 22.5. The Labute approximate surface area is 251 Å². The van der Waals surface area contributed by atoms with Gasteiger partial charge in [0, 0.05) is 24.2 Å². The summed E-state index contributed by atoms with van der Waals surface area (Å²) in [6.07, 6.45) is 1.30. The van der Waals surface area contributed by atoms with Crippen LogP contribution in [0.4, 0.5) is 15.8 Å². The number of aliphatic hydroxyl groups is 2. The summed E-state index contributed by atoms with van der Waals surface area (Å²) in [5, 5.41) is 24.6. The van der Waals surface area contributed by atoms with Gasteiger partial charge in [-0.2, -0.15) is 0 Å². The average molecular weight is 584 g/mol. The number of pyridine rings is 1. The predicted octanol–water partition coefficient (Wildman–Crippen LogP) is 6.27. The van der Waals surface area contributed by atoms with E-state index < -0.39 is 16.6 Å². The lowest BCUT2D eigenvalue weighted by atomic mass is 9.70. The van der Waals surface area contributed by atoms with Crippen molar-refractivity contribution in [3.05, 3.63) is 113 Å². The minimum atomic E-state index is -1.21. The Bertz CT molecular complexity index is 1580. The summed E-state index contributed by atoms with van der Waals surface area (Å²) >= 11 is 0. The number of halogens is 1. The van der Waals surface area contributed by atoms with Crippen LogP contribution in [0.1, 0.15) is 73.4 Å². The van der Waals surface area contributed by atoms with Crippen molar-refractivity contribution in [3.63, 3.8) is 0 Å². The van der Waals surface area contributed by atoms with Crippen molar-refractivity contribution in [2.24, 2.45) is 0 Å². The Morgan fingerprint density at radius 3 is 2.12 bits per heavy atom. The van der Waals surface area contributed by atoms with Crippen LogP contribution >= 0.6 is 0 Å². The lowest BCUT2D eigenvalue weighted by molar-refractivity contribution is 0.0572. The van der Waals surface area contributed by atoms with Gasteiger partial charge in [0.15, 0.2) is 0 Å². The van der Waals surface area contributed by atoms with Gasteiger partial charge in [-0.1, -0.05) is 30.3 Å². The molecule has 5 rings (SSSR count). The molecule has 3 aromatic carbocycles. The molecule has 1 saturated heterocycles. The first-order valence-corrected chi connectivity index (χ1v) is 14.4. The van der Waals surface area contributed by atoms with Gasteiger partial charge in [0.1, 0.15) is 11.4 Å². The molecule has 0 aliphatic carbocycles. The van der Waals surface area contributed by atoms with Crippen LogP contribution in [0.2, 0.25) is 0 Å². The normalized spacial score (nSPS) is 15.2. The van der Waals surface area contributed by atoms with Gasteiger partial charge < -0.3 is 26.0 Å². The lowest BCUT2D eigenvalue weighted by Crippen LogP contribution is -2.37. The van der Waals surface area contributed by atoms with E-state index in [0.29, 0.717) is 54.3 Å². The molecule has 2 heterocycles. The molecule has 0 atom stereocenters. The second-order valence-corrected chi connectivity index (χ2v) is 12.3. The number of anilines is 2. The topological polar surface area (TPSA) is 118 Å². The van der Waals surface area contributed by atoms with E-state index in [1.165, 1.54) is 12.1 Å². The maximum Gasteiger partial charge on any atom is 0.255 e. The summed E-state index contributed by atoms with van der Waals surface area (Å²) in [5.74, 6) is -0.640. The SMILES string of the molecule is CC(C)(O)c1cc(C(C)(C)O)nc(C2(c3ccc(C(=O)Nc4cc(-c5ccc(F)cc5)ccc4N)cc3)CCOCC2)c1. The van der Waals surface area contributed by atoms with Gasteiger partial charge in [0.25, 0.3) is 5.91 Å². The van der Waals surface area contributed by atoms with Crippen LogP contribution in [0, 0.1) is 5.82 Å². The third-order valence-corrected chi connectivity index (χ3v) is 8.17. The number of nitrogens with one attached hydrogen (secondary N) is 1. The van der Waals surface area contributed by atoms with Crippen LogP contribution < -0.4 is 11.1 Å². The summed E-state index contributed by atoms with van der Waals surface area (Å²) in [7, 11) is 0. The quantitative estimate of drug-likeness (QED) is 0.191. The largest absolute Gasteiger partial charge is 0.397 e. The number of benzene rings is 3. The van der Waals surface area contributed by atoms with Crippen LogP contribution in [-0.4, -0.2) is 34.3 Å². The molecule has 4 aromatic rings. The first kappa shape index (κ1) is 30.4. The fraction of sp³-hybridized carbons (Fsp3) is 0.314. The number of nitrogens with two attached hydrogens (primary N) is 1. The van der Waals surface area contributed by atoms with E-state index in [2.05, 4.69) is 5.32 Å². The summed E-state index contributed by atoms with van der Waals surface area (Å²) in [6.45, 7) is 7.84. The number of amides is 1. The number of hydrogen-bond donors (Lipinski definition) is 4. The fourth-order valence-corrected chi connectivity index (χ4v) is 5.48. The van der Waals surface area contributed by atoms with Gasteiger partial charge in [0.2, 0.25) is 0 Å². The number of hydrogen-bond acceptors (Lipinski definition) is 6. The number of nitrogen functional groups attached to an aromatic ring is 1. The smallest absolute Gasteiger partial charge is 0.255 e. The molecule has 1 aliphatic heterocycles. The zero-order valence-corrected chi connectivity index (χ0v) is 24.9. The molecule has 8 heteroatoms. The molecule has 1 aromatic heterocycles. The number of nitrogens with zero attached hydrogens (tertiary/aromatic N) is 1. The van der Waals surface area contributed by atoms with Crippen LogP contribution in [-0.2, 0) is 21.4 Å². The van der Waals surface area contributed by atoms with Crippen molar-refractivity contribution < 1.29 is 24.1 Å². The monoisotopic (exact) mass is 583 g/mol. The molecule has 0 unspecified atom stereocenters.